The standard InChI is InChI=1S/C15H19NO6/c1-19-6-7-20-8-9-21-10-11-22-16-14(17)12-4-2-3-5-13(12)15(16)18/h2-5H,6-11H2,1H3. The van der Waals surface area contributed by atoms with E-state index < -0.39 is 11.8 Å². The molecule has 0 N–H and O–H groups in total. The van der Waals surface area contributed by atoms with Crippen LogP contribution >= 0.6 is 0 Å². The highest BCUT2D eigenvalue weighted by atomic mass is 16.7. The van der Waals surface area contributed by atoms with Crippen molar-refractivity contribution in [1.29, 1.82) is 0 Å². The highest BCUT2D eigenvalue weighted by molar-refractivity contribution is 6.20. The van der Waals surface area contributed by atoms with E-state index in [0.717, 1.165) is 5.06 Å². The first kappa shape index (κ1) is 16.6. The molecule has 0 spiro atoms. The third-order valence-corrected chi connectivity index (χ3v) is 3.01. The molecule has 1 aromatic carbocycles. The molecule has 2 rings (SSSR count). The summed E-state index contributed by atoms with van der Waals surface area (Å²) in [6.07, 6.45) is 0. The van der Waals surface area contributed by atoms with E-state index in [9.17, 15) is 9.59 Å². The minimum Gasteiger partial charge on any atom is -0.382 e. The maximum Gasteiger partial charge on any atom is 0.285 e. The topological polar surface area (TPSA) is 74.3 Å². The van der Waals surface area contributed by atoms with Gasteiger partial charge in [-0.15, -0.1) is 5.06 Å². The average Bonchev–Trinajstić information content (AvgIpc) is 2.78. The molecule has 7 nitrogen and oxygen atoms in total. The fourth-order valence-electron chi connectivity index (χ4n) is 1.94. The Hall–Kier alpha value is -1.80. The number of imide groups is 1. The summed E-state index contributed by atoms with van der Waals surface area (Å²) in [7, 11) is 1.61. The molecular weight excluding hydrogens is 290 g/mol. The molecule has 2 amide bonds. The first-order valence-corrected chi connectivity index (χ1v) is 7.01. The summed E-state index contributed by atoms with van der Waals surface area (Å²) in [5.74, 6) is -0.882. The van der Waals surface area contributed by atoms with E-state index in [1.165, 1.54) is 0 Å². The monoisotopic (exact) mass is 309 g/mol. The van der Waals surface area contributed by atoms with Crippen molar-refractivity contribution in [2.45, 2.75) is 0 Å². The summed E-state index contributed by atoms with van der Waals surface area (Å²) in [4.78, 5) is 29.2. The van der Waals surface area contributed by atoms with Crippen molar-refractivity contribution in [2.75, 3.05) is 46.8 Å². The Kier molecular flexibility index (Phi) is 6.47. The Morgan fingerprint density at radius 1 is 0.818 bits per heavy atom. The van der Waals surface area contributed by atoms with Crippen molar-refractivity contribution in [2.24, 2.45) is 0 Å². The van der Waals surface area contributed by atoms with Crippen molar-refractivity contribution in [1.82, 2.24) is 5.06 Å². The highest BCUT2D eigenvalue weighted by Crippen LogP contribution is 2.22. The van der Waals surface area contributed by atoms with Gasteiger partial charge >= 0.3 is 0 Å². The van der Waals surface area contributed by atoms with Crippen LogP contribution in [0.2, 0.25) is 0 Å². The molecule has 1 aliphatic heterocycles. The number of benzene rings is 1. The van der Waals surface area contributed by atoms with Gasteiger partial charge in [-0.2, -0.15) is 0 Å². The number of carbonyl (C=O) groups is 2. The van der Waals surface area contributed by atoms with Gasteiger partial charge < -0.3 is 14.2 Å². The summed E-state index contributed by atoms with van der Waals surface area (Å²) in [5, 5.41) is 0.781. The van der Waals surface area contributed by atoms with E-state index in [0.29, 0.717) is 37.6 Å². The molecule has 0 saturated carbocycles. The number of hydrogen-bond donors (Lipinski definition) is 0. The number of methoxy groups -OCH3 is 1. The van der Waals surface area contributed by atoms with Gasteiger partial charge in [0.1, 0.15) is 0 Å². The molecular formula is C15H19NO6. The van der Waals surface area contributed by atoms with Crippen molar-refractivity contribution >= 4 is 11.8 Å². The van der Waals surface area contributed by atoms with Gasteiger partial charge in [0.2, 0.25) is 0 Å². The predicted octanol–water partition coefficient (Wildman–Crippen LogP) is 0.894. The molecule has 0 aromatic heterocycles. The minimum atomic E-state index is -0.441. The number of hydrogen-bond acceptors (Lipinski definition) is 6. The van der Waals surface area contributed by atoms with Crippen LogP contribution in [-0.2, 0) is 19.0 Å². The van der Waals surface area contributed by atoms with Gasteiger partial charge in [0.25, 0.3) is 11.8 Å². The van der Waals surface area contributed by atoms with Crippen LogP contribution in [0.3, 0.4) is 0 Å². The second-order valence-corrected chi connectivity index (χ2v) is 4.50. The first-order valence-electron chi connectivity index (χ1n) is 7.01. The number of rotatable bonds is 10. The molecule has 1 aromatic rings. The SMILES string of the molecule is COCCOCCOCCON1C(=O)c2ccccc2C1=O. The van der Waals surface area contributed by atoms with Crippen molar-refractivity contribution < 1.29 is 28.6 Å². The highest BCUT2D eigenvalue weighted by Gasteiger charge is 2.36. The van der Waals surface area contributed by atoms with Gasteiger partial charge in [0.05, 0.1) is 50.8 Å². The zero-order valence-electron chi connectivity index (χ0n) is 12.4. The van der Waals surface area contributed by atoms with E-state index in [-0.39, 0.29) is 13.2 Å². The summed E-state index contributed by atoms with van der Waals surface area (Å²) in [6, 6.07) is 6.62. The van der Waals surface area contributed by atoms with Gasteiger partial charge in [-0.25, -0.2) is 0 Å². The smallest absolute Gasteiger partial charge is 0.285 e. The van der Waals surface area contributed by atoms with Crippen molar-refractivity contribution in [3.05, 3.63) is 35.4 Å². The van der Waals surface area contributed by atoms with Crippen LogP contribution < -0.4 is 0 Å². The van der Waals surface area contributed by atoms with Gasteiger partial charge in [-0.3, -0.25) is 14.4 Å². The molecule has 0 radical (unpaired) electrons. The lowest BCUT2D eigenvalue weighted by Gasteiger charge is -2.13. The maximum atomic E-state index is 12.0. The van der Waals surface area contributed by atoms with Crippen LogP contribution in [0.15, 0.2) is 24.3 Å². The third-order valence-electron chi connectivity index (χ3n) is 3.01. The largest absolute Gasteiger partial charge is 0.382 e. The zero-order valence-corrected chi connectivity index (χ0v) is 12.4. The second kappa shape index (κ2) is 8.60. The Bertz CT molecular complexity index is 484. The summed E-state index contributed by atoms with van der Waals surface area (Å²) in [6.45, 7) is 2.31. The molecule has 120 valence electrons. The summed E-state index contributed by atoms with van der Waals surface area (Å²) >= 11 is 0. The summed E-state index contributed by atoms with van der Waals surface area (Å²) in [5.41, 5.74) is 0.722. The molecule has 0 bridgehead atoms. The molecule has 0 aliphatic carbocycles. The number of nitrogens with zero attached hydrogens (tertiary/aromatic N) is 1. The van der Waals surface area contributed by atoms with Crippen LogP contribution in [-0.4, -0.2) is 63.6 Å². The second-order valence-electron chi connectivity index (χ2n) is 4.50. The first-order chi connectivity index (χ1) is 10.8. The lowest BCUT2D eigenvalue weighted by atomic mass is 10.1. The van der Waals surface area contributed by atoms with Crippen LogP contribution in [0.25, 0.3) is 0 Å². The molecule has 1 heterocycles. The number of fused-ring (bicyclic) bond motifs is 1. The molecule has 0 saturated heterocycles. The van der Waals surface area contributed by atoms with E-state index in [2.05, 4.69) is 0 Å². The number of hydroxylamine groups is 2. The molecule has 7 heteroatoms. The Morgan fingerprint density at radius 3 is 1.86 bits per heavy atom. The Morgan fingerprint density at radius 2 is 1.32 bits per heavy atom. The summed E-state index contributed by atoms with van der Waals surface area (Å²) < 4.78 is 15.3. The zero-order chi connectivity index (χ0) is 15.8. The molecule has 0 atom stereocenters. The van der Waals surface area contributed by atoms with E-state index >= 15 is 0 Å². The molecule has 0 fully saturated rings. The van der Waals surface area contributed by atoms with E-state index in [1.54, 1.807) is 31.4 Å². The number of ether oxygens (including phenoxy) is 3. The maximum absolute atomic E-state index is 12.0. The predicted molar refractivity (Wildman–Crippen MR) is 76.4 cm³/mol. The van der Waals surface area contributed by atoms with Gasteiger partial charge in [0.15, 0.2) is 0 Å². The van der Waals surface area contributed by atoms with Gasteiger partial charge in [-0.1, -0.05) is 12.1 Å². The number of amides is 2. The lowest BCUT2D eigenvalue weighted by Crippen LogP contribution is -2.31. The van der Waals surface area contributed by atoms with Crippen LogP contribution in [0.5, 0.6) is 0 Å². The fourth-order valence-corrected chi connectivity index (χ4v) is 1.94. The molecule has 22 heavy (non-hydrogen) atoms. The lowest BCUT2D eigenvalue weighted by molar-refractivity contribution is -0.108. The number of carbonyl (C=O) groups excluding carboxylic acids is 2. The quantitative estimate of drug-likeness (QED) is 0.472. The van der Waals surface area contributed by atoms with Crippen LogP contribution in [0.1, 0.15) is 20.7 Å². The average molecular weight is 309 g/mol. The van der Waals surface area contributed by atoms with Crippen LogP contribution in [0.4, 0.5) is 0 Å². The van der Waals surface area contributed by atoms with Gasteiger partial charge in [0, 0.05) is 7.11 Å². The minimum absolute atomic E-state index is 0.115. The molecule has 0 unspecified atom stereocenters. The van der Waals surface area contributed by atoms with Crippen molar-refractivity contribution in [3.63, 3.8) is 0 Å². The fraction of sp³-hybridized carbons (Fsp3) is 0.467. The van der Waals surface area contributed by atoms with E-state index in [1.807, 2.05) is 0 Å². The van der Waals surface area contributed by atoms with Crippen LogP contribution in [0, 0.1) is 0 Å². The Labute approximate surface area is 128 Å². The normalized spacial score (nSPS) is 13.8. The third kappa shape index (κ3) is 4.11. The van der Waals surface area contributed by atoms with E-state index in [4.69, 9.17) is 19.0 Å². The van der Waals surface area contributed by atoms with Gasteiger partial charge in [-0.05, 0) is 12.1 Å². The van der Waals surface area contributed by atoms with Crippen molar-refractivity contribution in [3.8, 4) is 0 Å². The molecule has 1 aliphatic rings. The Balaban J connectivity index is 1.63.